The first kappa shape index (κ1) is 14.2. The fourth-order valence-corrected chi connectivity index (χ4v) is 1.65. The molecule has 1 aromatic heterocycles. The van der Waals surface area contributed by atoms with Gasteiger partial charge in [0.15, 0.2) is 11.6 Å². The highest BCUT2D eigenvalue weighted by atomic mass is 19.2. The van der Waals surface area contributed by atoms with E-state index in [1.807, 2.05) is 6.92 Å². The van der Waals surface area contributed by atoms with Gasteiger partial charge in [0.1, 0.15) is 17.4 Å². The van der Waals surface area contributed by atoms with Crippen molar-refractivity contribution in [2.75, 3.05) is 12.4 Å². The number of aryl methyl sites for hydroxylation is 1. The van der Waals surface area contributed by atoms with Crippen LogP contribution in [0.4, 0.5) is 14.6 Å². The maximum absolute atomic E-state index is 13.1. The van der Waals surface area contributed by atoms with Crippen molar-refractivity contribution in [2.45, 2.75) is 19.8 Å². The lowest BCUT2D eigenvalue weighted by molar-refractivity contribution is 0.444. The molecule has 106 valence electrons. The molecule has 1 heterocycles. The maximum Gasteiger partial charge on any atom is 0.224 e. The van der Waals surface area contributed by atoms with Gasteiger partial charge < -0.3 is 10.1 Å². The summed E-state index contributed by atoms with van der Waals surface area (Å²) >= 11 is 0. The standard InChI is InChI=1S/C14H15F2N3O/c1-3-4-12-18-13(17-2)8-14(19-12)20-9-5-6-10(15)11(16)7-9/h5-8H,3-4H2,1-2H3,(H,17,18,19). The Bertz CT molecular complexity index is 605. The molecule has 1 aromatic carbocycles. The van der Waals surface area contributed by atoms with Crippen molar-refractivity contribution in [3.05, 3.63) is 41.7 Å². The number of nitrogens with zero attached hydrogens (tertiary/aromatic N) is 2. The molecule has 2 aromatic rings. The van der Waals surface area contributed by atoms with E-state index in [1.165, 1.54) is 6.07 Å². The van der Waals surface area contributed by atoms with Crippen molar-refractivity contribution in [1.29, 1.82) is 0 Å². The number of halogens is 2. The smallest absolute Gasteiger partial charge is 0.224 e. The van der Waals surface area contributed by atoms with Crippen molar-refractivity contribution in [3.8, 4) is 11.6 Å². The monoisotopic (exact) mass is 279 g/mol. The molecule has 0 fully saturated rings. The molecule has 20 heavy (non-hydrogen) atoms. The summed E-state index contributed by atoms with van der Waals surface area (Å²) in [4.78, 5) is 8.51. The Balaban J connectivity index is 2.27. The van der Waals surface area contributed by atoms with Crippen molar-refractivity contribution in [3.63, 3.8) is 0 Å². The summed E-state index contributed by atoms with van der Waals surface area (Å²) in [6.45, 7) is 2.02. The molecular weight excluding hydrogens is 264 g/mol. The molecule has 0 aliphatic rings. The number of rotatable bonds is 5. The third-order valence-electron chi connectivity index (χ3n) is 2.59. The maximum atomic E-state index is 13.1. The molecule has 0 radical (unpaired) electrons. The first-order valence-corrected chi connectivity index (χ1v) is 6.31. The molecule has 6 heteroatoms. The van der Waals surface area contributed by atoms with E-state index in [0.717, 1.165) is 18.6 Å². The Labute approximate surface area is 115 Å². The van der Waals surface area contributed by atoms with Gasteiger partial charge in [-0.25, -0.2) is 13.8 Å². The van der Waals surface area contributed by atoms with Gasteiger partial charge in [0.2, 0.25) is 5.88 Å². The topological polar surface area (TPSA) is 47.0 Å². The van der Waals surface area contributed by atoms with Crippen LogP contribution in [-0.4, -0.2) is 17.0 Å². The quantitative estimate of drug-likeness (QED) is 0.909. The summed E-state index contributed by atoms with van der Waals surface area (Å²) in [6.07, 6.45) is 1.61. The van der Waals surface area contributed by atoms with Crippen LogP contribution in [0.2, 0.25) is 0 Å². The normalized spacial score (nSPS) is 10.4. The Kier molecular flexibility index (Phi) is 4.45. The molecule has 0 saturated carbocycles. The van der Waals surface area contributed by atoms with Crippen LogP contribution in [0.1, 0.15) is 19.2 Å². The van der Waals surface area contributed by atoms with Crippen molar-refractivity contribution >= 4 is 5.82 Å². The van der Waals surface area contributed by atoms with E-state index < -0.39 is 11.6 Å². The van der Waals surface area contributed by atoms with Gasteiger partial charge in [0.25, 0.3) is 0 Å². The summed E-state index contributed by atoms with van der Waals surface area (Å²) < 4.78 is 31.4. The number of aromatic nitrogens is 2. The molecule has 0 aliphatic carbocycles. The average Bonchev–Trinajstić information content (AvgIpc) is 2.43. The highest BCUT2D eigenvalue weighted by molar-refractivity contribution is 5.39. The second-order valence-corrected chi connectivity index (χ2v) is 4.19. The van der Waals surface area contributed by atoms with E-state index in [9.17, 15) is 8.78 Å². The van der Waals surface area contributed by atoms with Crippen LogP contribution in [0.15, 0.2) is 24.3 Å². The number of hydrogen-bond acceptors (Lipinski definition) is 4. The SMILES string of the molecule is CCCc1nc(NC)cc(Oc2ccc(F)c(F)c2)n1. The lowest BCUT2D eigenvalue weighted by atomic mass is 10.3. The highest BCUT2D eigenvalue weighted by Gasteiger charge is 2.08. The molecule has 0 bridgehead atoms. The molecular formula is C14H15F2N3O. The van der Waals surface area contributed by atoms with Gasteiger partial charge >= 0.3 is 0 Å². The van der Waals surface area contributed by atoms with Crippen LogP contribution in [0.25, 0.3) is 0 Å². The van der Waals surface area contributed by atoms with E-state index in [2.05, 4.69) is 15.3 Å². The van der Waals surface area contributed by atoms with E-state index in [1.54, 1.807) is 13.1 Å². The highest BCUT2D eigenvalue weighted by Crippen LogP contribution is 2.23. The summed E-state index contributed by atoms with van der Waals surface area (Å²) in [5.74, 6) is -0.148. The van der Waals surface area contributed by atoms with Gasteiger partial charge in [0.05, 0.1) is 0 Å². The zero-order valence-corrected chi connectivity index (χ0v) is 11.3. The summed E-state index contributed by atoms with van der Waals surface area (Å²) in [5, 5.41) is 2.91. The number of anilines is 1. The lowest BCUT2D eigenvalue weighted by Gasteiger charge is -2.09. The Morgan fingerprint density at radius 3 is 2.60 bits per heavy atom. The predicted molar refractivity (Wildman–Crippen MR) is 72.0 cm³/mol. The van der Waals surface area contributed by atoms with Crippen molar-refractivity contribution in [2.24, 2.45) is 0 Å². The van der Waals surface area contributed by atoms with Gasteiger partial charge in [-0.2, -0.15) is 4.98 Å². The van der Waals surface area contributed by atoms with E-state index in [-0.39, 0.29) is 5.75 Å². The minimum Gasteiger partial charge on any atom is -0.439 e. The minimum absolute atomic E-state index is 0.187. The molecule has 4 nitrogen and oxygen atoms in total. The van der Waals surface area contributed by atoms with E-state index in [4.69, 9.17) is 4.74 Å². The number of benzene rings is 1. The molecule has 1 N–H and O–H groups in total. The van der Waals surface area contributed by atoms with Crippen LogP contribution in [0.5, 0.6) is 11.6 Å². The molecule has 0 atom stereocenters. The van der Waals surface area contributed by atoms with Crippen LogP contribution < -0.4 is 10.1 Å². The van der Waals surface area contributed by atoms with E-state index >= 15 is 0 Å². The Morgan fingerprint density at radius 2 is 1.95 bits per heavy atom. The molecule has 0 saturated heterocycles. The first-order valence-electron chi connectivity index (χ1n) is 6.31. The third kappa shape index (κ3) is 3.40. The predicted octanol–water partition coefficient (Wildman–Crippen LogP) is 3.54. The van der Waals surface area contributed by atoms with Gasteiger partial charge in [0, 0.05) is 25.6 Å². The largest absolute Gasteiger partial charge is 0.439 e. The zero-order chi connectivity index (χ0) is 14.5. The second-order valence-electron chi connectivity index (χ2n) is 4.19. The van der Waals surface area contributed by atoms with Crippen LogP contribution in [0, 0.1) is 11.6 Å². The van der Waals surface area contributed by atoms with Crippen molar-refractivity contribution in [1.82, 2.24) is 9.97 Å². The summed E-state index contributed by atoms with van der Waals surface area (Å²) in [5.41, 5.74) is 0. The number of nitrogens with one attached hydrogen (secondary N) is 1. The molecule has 0 spiro atoms. The Morgan fingerprint density at radius 1 is 1.15 bits per heavy atom. The summed E-state index contributed by atoms with van der Waals surface area (Å²) in [6, 6.07) is 4.94. The third-order valence-corrected chi connectivity index (χ3v) is 2.59. The second kappa shape index (κ2) is 6.27. The van der Waals surface area contributed by atoms with E-state index in [0.29, 0.717) is 23.9 Å². The first-order chi connectivity index (χ1) is 9.62. The summed E-state index contributed by atoms with van der Waals surface area (Å²) in [7, 11) is 1.74. The lowest BCUT2D eigenvalue weighted by Crippen LogP contribution is -2.02. The van der Waals surface area contributed by atoms with Crippen molar-refractivity contribution < 1.29 is 13.5 Å². The van der Waals surface area contributed by atoms with Gasteiger partial charge in [-0.15, -0.1) is 0 Å². The number of hydrogen-bond donors (Lipinski definition) is 1. The average molecular weight is 279 g/mol. The molecule has 2 rings (SSSR count). The van der Waals surface area contributed by atoms with Crippen LogP contribution >= 0.6 is 0 Å². The number of ether oxygens (including phenoxy) is 1. The molecule has 0 aliphatic heterocycles. The molecule has 0 amide bonds. The minimum atomic E-state index is -0.959. The van der Waals surface area contributed by atoms with Crippen LogP contribution in [-0.2, 0) is 6.42 Å². The van der Waals surface area contributed by atoms with Gasteiger partial charge in [-0.3, -0.25) is 0 Å². The van der Waals surface area contributed by atoms with Gasteiger partial charge in [-0.05, 0) is 18.6 Å². The fraction of sp³-hybridized carbons (Fsp3) is 0.286. The zero-order valence-electron chi connectivity index (χ0n) is 11.3. The van der Waals surface area contributed by atoms with Gasteiger partial charge in [-0.1, -0.05) is 6.92 Å². The Hall–Kier alpha value is -2.24. The molecule has 0 unspecified atom stereocenters. The fourth-order valence-electron chi connectivity index (χ4n) is 1.65. The van der Waals surface area contributed by atoms with Crippen LogP contribution in [0.3, 0.4) is 0 Å².